The van der Waals surface area contributed by atoms with Crippen LogP contribution in [-0.2, 0) is 11.3 Å². The molecule has 27 heavy (non-hydrogen) atoms. The maximum absolute atomic E-state index is 13.1. The largest absolute Gasteiger partial charge is 0.355 e. The van der Waals surface area contributed by atoms with E-state index in [1.165, 1.54) is 11.8 Å². The molecule has 1 saturated heterocycles. The first-order valence-corrected chi connectivity index (χ1v) is 9.93. The predicted molar refractivity (Wildman–Crippen MR) is 106 cm³/mol. The molecule has 1 N–H and O–H groups in total. The molecule has 3 heterocycles. The highest BCUT2D eigenvalue weighted by molar-refractivity contribution is 8.00. The van der Waals surface area contributed by atoms with Gasteiger partial charge in [-0.05, 0) is 36.6 Å². The Bertz CT molecular complexity index is 1020. The van der Waals surface area contributed by atoms with E-state index >= 15 is 0 Å². The van der Waals surface area contributed by atoms with Crippen LogP contribution in [0.1, 0.15) is 24.8 Å². The predicted octanol–water partition coefficient (Wildman–Crippen LogP) is 2.60. The highest BCUT2D eigenvalue weighted by Gasteiger charge is 2.24. The van der Waals surface area contributed by atoms with E-state index in [1.54, 1.807) is 23.0 Å². The lowest BCUT2D eigenvalue weighted by Crippen LogP contribution is -2.32. The summed E-state index contributed by atoms with van der Waals surface area (Å²) in [6.45, 7) is 1.09. The van der Waals surface area contributed by atoms with Crippen molar-refractivity contribution in [2.24, 2.45) is 0 Å². The van der Waals surface area contributed by atoms with E-state index in [2.05, 4.69) is 10.3 Å². The summed E-state index contributed by atoms with van der Waals surface area (Å²) < 4.78 is 1.65. The minimum absolute atomic E-state index is 0.0211. The molecule has 1 fully saturated rings. The molecule has 0 bridgehead atoms. The third kappa shape index (κ3) is 3.88. The summed E-state index contributed by atoms with van der Waals surface area (Å²) in [6, 6.07) is 11.1. The maximum Gasteiger partial charge on any atom is 0.262 e. The number of carbonyl (C=O) groups is 1. The fourth-order valence-electron chi connectivity index (χ4n) is 3.20. The van der Waals surface area contributed by atoms with Gasteiger partial charge in [-0.2, -0.15) is 0 Å². The van der Waals surface area contributed by atoms with Gasteiger partial charge in [0.2, 0.25) is 5.91 Å². The normalized spacial score (nSPS) is 17.5. The summed E-state index contributed by atoms with van der Waals surface area (Å²) in [5.74, 6) is 0.0211. The molecule has 1 amide bonds. The van der Waals surface area contributed by atoms with Crippen LogP contribution in [0.4, 0.5) is 0 Å². The molecule has 2 aromatic heterocycles. The molecule has 6 nitrogen and oxygen atoms in total. The summed E-state index contributed by atoms with van der Waals surface area (Å²) in [5.41, 5.74) is 1.48. The highest BCUT2D eigenvalue weighted by atomic mass is 32.2. The van der Waals surface area contributed by atoms with Crippen LogP contribution in [0.15, 0.2) is 58.7 Å². The molecule has 1 aliphatic heterocycles. The van der Waals surface area contributed by atoms with E-state index in [4.69, 9.17) is 4.98 Å². The Balaban J connectivity index is 1.78. The second kappa shape index (κ2) is 7.92. The molecule has 0 spiro atoms. The number of pyridine rings is 1. The van der Waals surface area contributed by atoms with E-state index in [9.17, 15) is 9.59 Å². The summed E-state index contributed by atoms with van der Waals surface area (Å²) in [7, 11) is 0. The lowest BCUT2D eigenvalue weighted by atomic mass is 10.2. The van der Waals surface area contributed by atoms with Crippen LogP contribution in [0, 0.1) is 0 Å². The fraction of sp³-hybridized carbons (Fsp3) is 0.300. The Morgan fingerprint density at radius 1 is 1.15 bits per heavy atom. The van der Waals surface area contributed by atoms with E-state index in [1.807, 2.05) is 30.3 Å². The van der Waals surface area contributed by atoms with Crippen LogP contribution < -0.4 is 10.9 Å². The van der Waals surface area contributed by atoms with Crippen LogP contribution in [0.3, 0.4) is 0 Å². The maximum atomic E-state index is 13.1. The zero-order valence-electron chi connectivity index (χ0n) is 14.8. The van der Waals surface area contributed by atoms with Crippen LogP contribution in [-0.4, -0.2) is 32.2 Å². The number of fused-ring (bicyclic) bond motifs is 1. The summed E-state index contributed by atoms with van der Waals surface area (Å²) in [5, 5.41) is 3.87. The van der Waals surface area contributed by atoms with E-state index in [0.717, 1.165) is 24.8 Å². The third-order valence-corrected chi connectivity index (χ3v) is 5.88. The van der Waals surface area contributed by atoms with Gasteiger partial charge < -0.3 is 5.32 Å². The van der Waals surface area contributed by atoms with Gasteiger partial charge in [0, 0.05) is 18.9 Å². The lowest BCUT2D eigenvalue weighted by molar-refractivity contribution is -0.120. The molecular formula is C20H20N4O2S. The number of hydrogen-bond donors (Lipinski definition) is 1. The highest BCUT2D eigenvalue weighted by Crippen LogP contribution is 2.27. The van der Waals surface area contributed by atoms with Crippen LogP contribution in [0.25, 0.3) is 10.9 Å². The van der Waals surface area contributed by atoms with Gasteiger partial charge in [-0.15, -0.1) is 0 Å². The van der Waals surface area contributed by atoms with Gasteiger partial charge in [0.15, 0.2) is 5.16 Å². The number of amides is 1. The molecule has 4 rings (SSSR count). The van der Waals surface area contributed by atoms with Crippen molar-refractivity contribution in [1.29, 1.82) is 0 Å². The number of thioether (sulfide) groups is 1. The van der Waals surface area contributed by atoms with Crippen LogP contribution >= 0.6 is 11.8 Å². The molecule has 138 valence electrons. The van der Waals surface area contributed by atoms with Crippen LogP contribution in [0.2, 0.25) is 0 Å². The van der Waals surface area contributed by atoms with Gasteiger partial charge in [0.1, 0.15) is 0 Å². The second-order valence-corrected chi connectivity index (χ2v) is 7.73. The number of benzene rings is 1. The lowest BCUT2D eigenvalue weighted by Gasteiger charge is -2.17. The summed E-state index contributed by atoms with van der Waals surface area (Å²) >= 11 is 1.38. The van der Waals surface area contributed by atoms with E-state index in [-0.39, 0.29) is 16.7 Å². The van der Waals surface area contributed by atoms with Gasteiger partial charge in [0.05, 0.1) is 22.7 Å². The second-order valence-electron chi connectivity index (χ2n) is 6.56. The van der Waals surface area contributed by atoms with Gasteiger partial charge in [-0.25, -0.2) is 4.98 Å². The van der Waals surface area contributed by atoms with Crippen molar-refractivity contribution in [3.05, 3.63) is 64.7 Å². The summed E-state index contributed by atoms with van der Waals surface area (Å²) in [4.78, 5) is 34.4. The number of aromatic nitrogens is 3. The average molecular weight is 380 g/mol. The number of rotatable bonds is 4. The Labute approximate surface area is 161 Å². The molecule has 1 atom stereocenters. The third-order valence-electron chi connectivity index (χ3n) is 4.62. The SMILES string of the molecule is O=C1NCCCCC1Sc1nc2ccccc2c(=O)n1Cc1cccnc1. The Hall–Kier alpha value is -2.67. The molecular weight excluding hydrogens is 360 g/mol. The molecule has 7 heteroatoms. The van der Waals surface area contributed by atoms with Crippen LogP contribution in [0.5, 0.6) is 0 Å². The smallest absolute Gasteiger partial charge is 0.262 e. The molecule has 0 saturated carbocycles. The van der Waals surface area contributed by atoms with E-state index in [0.29, 0.717) is 29.1 Å². The zero-order chi connectivity index (χ0) is 18.6. The Morgan fingerprint density at radius 3 is 2.89 bits per heavy atom. The molecule has 1 unspecified atom stereocenters. The molecule has 3 aromatic rings. The first kappa shape index (κ1) is 17.7. The standard InChI is InChI=1S/C20H20N4O2S/c25-18-17(9-3-4-11-22-18)27-20-23-16-8-2-1-7-15(16)19(26)24(20)13-14-6-5-10-21-12-14/h1-2,5-8,10,12,17H,3-4,9,11,13H2,(H,22,25). The van der Waals surface area contributed by atoms with Crippen molar-refractivity contribution in [3.63, 3.8) is 0 Å². The van der Waals surface area contributed by atoms with Crippen molar-refractivity contribution < 1.29 is 4.79 Å². The van der Waals surface area contributed by atoms with Crippen molar-refractivity contribution in [1.82, 2.24) is 19.9 Å². The molecule has 1 aliphatic rings. The van der Waals surface area contributed by atoms with Gasteiger partial charge in [-0.3, -0.25) is 19.1 Å². The van der Waals surface area contributed by atoms with Crippen molar-refractivity contribution >= 4 is 28.6 Å². The number of carbonyl (C=O) groups excluding carboxylic acids is 1. The molecule has 0 aliphatic carbocycles. The minimum atomic E-state index is -0.235. The number of nitrogens with zero attached hydrogens (tertiary/aromatic N) is 3. The van der Waals surface area contributed by atoms with Crippen molar-refractivity contribution in [2.45, 2.75) is 36.2 Å². The van der Waals surface area contributed by atoms with Gasteiger partial charge >= 0.3 is 0 Å². The quantitative estimate of drug-likeness (QED) is 0.704. The number of para-hydroxylation sites is 1. The number of hydrogen-bond acceptors (Lipinski definition) is 5. The van der Waals surface area contributed by atoms with Gasteiger partial charge in [-0.1, -0.05) is 36.4 Å². The summed E-state index contributed by atoms with van der Waals surface area (Å²) in [6.07, 6.45) is 6.20. The average Bonchev–Trinajstić information content (AvgIpc) is 2.90. The van der Waals surface area contributed by atoms with Gasteiger partial charge in [0.25, 0.3) is 5.56 Å². The first-order chi connectivity index (χ1) is 13.2. The Kier molecular flexibility index (Phi) is 5.20. The zero-order valence-corrected chi connectivity index (χ0v) is 15.6. The molecule has 0 radical (unpaired) electrons. The van der Waals surface area contributed by atoms with Crippen molar-refractivity contribution in [2.75, 3.05) is 6.54 Å². The number of nitrogens with one attached hydrogen (secondary N) is 1. The topological polar surface area (TPSA) is 76.9 Å². The fourth-order valence-corrected chi connectivity index (χ4v) is 4.36. The van der Waals surface area contributed by atoms with Crippen molar-refractivity contribution in [3.8, 4) is 0 Å². The monoisotopic (exact) mass is 380 g/mol. The minimum Gasteiger partial charge on any atom is -0.355 e. The molecule has 1 aromatic carbocycles. The Morgan fingerprint density at radius 2 is 2.04 bits per heavy atom. The van der Waals surface area contributed by atoms with E-state index < -0.39 is 0 Å². The first-order valence-electron chi connectivity index (χ1n) is 9.05.